The lowest BCUT2D eigenvalue weighted by atomic mass is 10.2. The van der Waals surface area contributed by atoms with Gasteiger partial charge in [-0.1, -0.05) is 0 Å². The zero-order chi connectivity index (χ0) is 8.97. The predicted molar refractivity (Wildman–Crippen MR) is 42.6 cm³/mol. The Morgan fingerprint density at radius 3 is 2.92 bits per heavy atom. The van der Waals surface area contributed by atoms with Gasteiger partial charge in [-0.15, -0.1) is 0 Å². The van der Waals surface area contributed by atoms with E-state index in [0.29, 0.717) is 23.5 Å². The second-order valence-electron chi connectivity index (χ2n) is 2.20. The first-order chi connectivity index (χ1) is 5.68. The largest absolute Gasteiger partial charge is 0.481 e. The Labute approximate surface area is 76.9 Å². The third-order valence-electron chi connectivity index (χ3n) is 1.22. The van der Waals surface area contributed by atoms with Crippen molar-refractivity contribution in [3.05, 3.63) is 10.6 Å². The number of aliphatic carboxylic acids is 1. The standard InChI is InChI=1S/C6H7BrN2O3/c7-6-8-4(12-9-6)2-1-3-5(10)11/h1-3H2,(H,10,11). The molecule has 1 N–H and O–H groups in total. The molecule has 1 aromatic rings. The van der Waals surface area contributed by atoms with E-state index < -0.39 is 5.97 Å². The van der Waals surface area contributed by atoms with Gasteiger partial charge in [0, 0.05) is 12.8 Å². The molecular formula is C6H7BrN2O3. The molecule has 0 aliphatic heterocycles. The van der Waals surface area contributed by atoms with Gasteiger partial charge < -0.3 is 9.63 Å². The van der Waals surface area contributed by atoms with Crippen LogP contribution in [0, 0.1) is 0 Å². The van der Waals surface area contributed by atoms with Crippen molar-refractivity contribution in [2.24, 2.45) is 0 Å². The number of aryl methyl sites for hydroxylation is 1. The number of carbonyl (C=O) groups is 1. The van der Waals surface area contributed by atoms with Crippen molar-refractivity contribution in [2.75, 3.05) is 0 Å². The van der Waals surface area contributed by atoms with E-state index in [1.165, 1.54) is 0 Å². The molecule has 0 unspecified atom stereocenters. The SMILES string of the molecule is O=C(O)CCCc1nc(Br)no1. The van der Waals surface area contributed by atoms with Gasteiger partial charge in [0.15, 0.2) is 0 Å². The molecule has 0 amide bonds. The van der Waals surface area contributed by atoms with Crippen molar-refractivity contribution >= 4 is 21.9 Å². The molecule has 66 valence electrons. The van der Waals surface area contributed by atoms with Crippen LogP contribution in [0.2, 0.25) is 0 Å². The van der Waals surface area contributed by atoms with Gasteiger partial charge in [-0.25, -0.2) is 0 Å². The van der Waals surface area contributed by atoms with Crippen molar-refractivity contribution in [3.63, 3.8) is 0 Å². The molecule has 0 spiro atoms. The van der Waals surface area contributed by atoms with Crippen LogP contribution in [0.25, 0.3) is 0 Å². The highest BCUT2D eigenvalue weighted by molar-refractivity contribution is 9.10. The number of carboxylic acids is 1. The van der Waals surface area contributed by atoms with E-state index in [1.54, 1.807) is 0 Å². The summed E-state index contributed by atoms with van der Waals surface area (Å²) in [6, 6.07) is 0. The van der Waals surface area contributed by atoms with E-state index in [1.807, 2.05) is 0 Å². The van der Waals surface area contributed by atoms with E-state index in [-0.39, 0.29) is 6.42 Å². The van der Waals surface area contributed by atoms with Gasteiger partial charge in [-0.2, -0.15) is 4.98 Å². The number of nitrogens with zero attached hydrogens (tertiary/aromatic N) is 2. The van der Waals surface area contributed by atoms with Crippen molar-refractivity contribution in [1.82, 2.24) is 10.1 Å². The Kier molecular flexibility index (Phi) is 3.21. The first kappa shape index (κ1) is 9.18. The van der Waals surface area contributed by atoms with Gasteiger partial charge in [0.2, 0.25) is 10.6 Å². The number of hydrogen-bond donors (Lipinski definition) is 1. The molecule has 0 aliphatic carbocycles. The Bertz CT molecular complexity index is 274. The van der Waals surface area contributed by atoms with Crippen LogP contribution < -0.4 is 0 Å². The van der Waals surface area contributed by atoms with Gasteiger partial charge in [-0.05, 0) is 27.5 Å². The third-order valence-corrected chi connectivity index (χ3v) is 1.55. The normalized spacial score (nSPS) is 10.1. The van der Waals surface area contributed by atoms with Crippen molar-refractivity contribution in [2.45, 2.75) is 19.3 Å². The second kappa shape index (κ2) is 4.20. The number of hydrogen-bond acceptors (Lipinski definition) is 4. The molecule has 0 radical (unpaired) electrons. The van der Waals surface area contributed by atoms with Crippen molar-refractivity contribution in [1.29, 1.82) is 0 Å². The fourth-order valence-corrected chi connectivity index (χ4v) is 0.997. The number of halogens is 1. The zero-order valence-corrected chi connectivity index (χ0v) is 7.74. The predicted octanol–water partition coefficient (Wildman–Crippen LogP) is 1.24. The Morgan fingerprint density at radius 1 is 1.67 bits per heavy atom. The maximum Gasteiger partial charge on any atom is 0.303 e. The lowest BCUT2D eigenvalue weighted by Gasteiger charge is -1.89. The molecule has 1 heterocycles. The molecule has 0 saturated carbocycles. The molecule has 0 atom stereocenters. The van der Waals surface area contributed by atoms with Gasteiger partial charge in [0.05, 0.1) is 0 Å². The van der Waals surface area contributed by atoms with E-state index >= 15 is 0 Å². The highest BCUT2D eigenvalue weighted by atomic mass is 79.9. The zero-order valence-electron chi connectivity index (χ0n) is 6.16. The summed E-state index contributed by atoms with van der Waals surface area (Å²) in [5, 5.41) is 11.8. The van der Waals surface area contributed by atoms with Crippen molar-refractivity contribution in [3.8, 4) is 0 Å². The molecule has 0 saturated heterocycles. The van der Waals surface area contributed by atoms with Crippen LogP contribution in [-0.4, -0.2) is 21.2 Å². The summed E-state index contributed by atoms with van der Waals surface area (Å²) >= 11 is 3.02. The van der Waals surface area contributed by atoms with Gasteiger partial charge in [0.25, 0.3) is 0 Å². The van der Waals surface area contributed by atoms with E-state index in [4.69, 9.17) is 9.63 Å². The molecule has 0 fully saturated rings. The van der Waals surface area contributed by atoms with Crippen LogP contribution in [0.4, 0.5) is 0 Å². The molecule has 1 rings (SSSR count). The minimum Gasteiger partial charge on any atom is -0.481 e. The van der Waals surface area contributed by atoms with E-state index in [0.717, 1.165) is 0 Å². The maximum atomic E-state index is 10.1. The van der Waals surface area contributed by atoms with Gasteiger partial charge in [-0.3, -0.25) is 4.79 Å². The van der Waals surface area contributed by atoms with Crippen LogP contribution in [0.1, 0.15) is 18.7 Å². The smallest absolute Gasteiger partial charge is 0.303 e. The van der Waals surface area contributed by atoms with E-state index in [9.17, 15) is 4.79 Å². The highest BCUT2D eigenvalue weighted by Gasteiger charge is 2.04. The quantitative estimate of drug-likeness (QED) is 0.849. The minimum absolute atomic E-state index is 0.125. The Balaban J connectivity index is 2.29. The average Bonchev–Trinajstić information content (AvgIpc) is 2.35. The summed E-state index contributed by atoms with van der Waals surface area (Å²) in [4.78, 5) is 14.0. The van der Waals surface area contributed by atoms with Crippen LogP contribution >= 0.6 is 15.9 Å². The van der Waals surface area contributed by atoms with Crippen LogP contribution in [-0.2, 0) is 11.2 Å². The first-order valence-electron chi connectivity index (χ1n) is 3.38. The van der Waals surface area contributed by atoms with Gasteiger partial charge in [0.1, 0.15) is 0 Å². The van der Waals surface area contributed by atoms with E-state index in [2.05, 4.69) is 26.1 Å². The molecule has 12 heavy (non-hydrogen) atoms. The fourth-order valence-electron chi connectivity index (χ4n) is 0.726. The lowest BCUT2D eigenvalue weighted by molar-refractivity contribution is -0.137. The van der Waals surface area contributed by atoms with Gasteiger partial charge >= 0.3 is 5.97 Å². The summed E-state index contributed by atoms with van der Waals surface area (Å²) in [7, 11) is 0. The summed E-state index contributed by atoms with van der Waals surface area (Å²) < 4.78 is 5.14. The van der Waals surface area contributed by atoms with Crippen LogP contribution in [0.3, 0.4) is 0 Å². The molecule has 5 nitrogen and oxygen atoms in total. The summed E-state index contributed by atoms with van der Waals surface area (Å²) in [6.45, 7) is 0. The maximum absolute atomic E-state index is 10.1. The second-order valence-corrected chi connectivity index (χ2v) is 2.91. The minimum atomic E-state index is -0.811. The average molecular weight is 235 g/mol. The summed E-state index contributed by atoms with van der Waals surface area (Å²) in [6.07, 6.45) is 1.15. The molecule has 1 aromatic heterocycles. The summed E-state index contributed by atoms with van der Waals surface area (Å²) in [5.41, 5.74) is 0. The number of carboxylic acid groups (broad SMARTS) is 1. The highest BCUT2D eigenvalue weighted by Crippen LogP contribution is 2.06. The summed E-state index contributed by atoms with van der Waals surface area (Å²) in [5.74, 6) is -0.350. The Morgan fingerprint density at radius 2 is 2.42 bits per heavy atom. The first-order valence-corrected chi connectivity index (χ1v) is 4.17. The monoisotopic (exact) mass is 234 g/mol. The Hall–Kier alpha value is -0.910. The topological polar surface area (TPSA) is 76.2 Å². The molecule has 0 bridgehead atoms. The third kappa shape index (κ3) is 3.00. The van der Waals surface area contributed by atoms with Crippen LogP contribution in [0.15, 0.2) is 9.26 Å². The van der Waals surface area contributed by atoms with Crippen LogP contribution in [0.5, 0.6) is 0 Å². The molecule has 6 heteroatoms. The lowest BCUT2D eigenvalue weighted by Crippen LogP contribution is -1.95. The fraction of sp³-hybridized carbons (Fsp3) is 0.500. The molecule has 0 aromatic carbocycles. The molecule has 0 aliphatic rings. The molecular weight excluding hydrogens is 228 g/mol. The van der Waals surface area contributed by atoms with Crippen molar-refractivity contribution < 1.29 is 14.4 Å². The number of rotatable bonds is 4. The number of aromatic nitrogens is 2.